The molecule has 0 radical (unpaired) electrons. The predicted molar refractivity (Wildman–Crippen MR) is 83.9 cm³/mol. The van der Waals surface area contributed by atoms with Crippen molar-refractivity contribution in [1.29, 1.82) is 0 Å². The third-order valence-electron chi connectivity index (χ3n) is 4.98. The first-order valence-electron chi connectivity index (χ1n) is 8.49. The highest BCUT2D eigenvalue weighted by molar-refractivity contribution is 4.81. The summed E-state index contributed by atoms with van der Waals surface area (Å²) in [5.41, 5.74) is 5.65. The second-order valence-electron chi connectivity index (χ2n) is 6.53. The zero-order chi connectivity index (χ0) is 14.2. The van der Waals surface area contributed by atoms with Crippen LogP contribution in [0.2, 0.25) is 0 Å². The van der Waals surface area contributed by atoms with E-state index in [9.17, 15) is 0 Å². The van der Waals surface area contributed by atoms with Crippen molar-refractivity contribution < 1.29 is 4.74 Å². The summed E-state index contributed by atoms with van der Waals surface area (Å²) in [5, 5.41) is 0. The summed E-state index contributed by atoms with van der Waals surface area (Å²) in [4.78, 5) is 5.31. The van der Waals surface area contributed by atoms with Crippen molar-refractivity contribution >= 4 is 0 Å². The molecule has 0 aromatic heterocycles. The molecular weight excluding hydrogens is 250 g/mol. The maximum atomic E-state index is 5.65. The normalized spacial score (nSPS) is 24.3. The molecule has 2 heterocycles. The van der Waals surface area contributed by atoms with E-state index in [0.29, 0.717) is 6.04 Å². The number of likely N-dealkylation sites (tertiary alicyclic amines) is 2. The van der Waals surface area contributed by atoms with Crippen molar-refractivity contribution in [3.8, 4) is 0 Å². The Balaban J connectivity index is 1.70. The van der Waals surface area contributed by atoms with Crippen LogP contribution in [0.25, 0.3) is 0 Å². The van der Waals surface area contributed by atoms with E-state index in [4.69, 9.17) is 10.5 Å². The Morgan fingerprint density at radius 2 is 1.85 bits per heavy atom. The zero-order valence-electron chi connectivity index (χ0n) is 13.2. The van der Waals surface area contributed by atoms with Crippen molar-refractivity contribution in [2.75, 3.05) is 53.0 Å². The number of nitrogens with two attached hydrogens (primary N) is 1. The van der Waals surface area contributed by atoms with Gasteiger partial charge < -0.3 is 15.4 Å². The number of methoxy groups -OCH3 is 1. The van der Waals surface area contributed by atoms with Gasteiger partial charge in [0.1, 0.15) is 0 Å². The minimum absolute atomic E-state index is 0.580. The molecule has 4 nitrogen and oxygen atoms in total. The van der Waals surface area contributed by atoms with Crippen LogP contribution in [0.5, 0.6) is 0 Å². The van der Waals surface area contributed by atoms with Crippen LogP contribution in [0.1, 0.15) is 38.5 Å². The quantitative estimate of drug-likeness (QED) is 0.734. The van der Waals surface area contributed by atoms with Gasteiger partial charge in [-0.25, -0.2) is 0 Å². The molecule has 20 heavy (non-hydrogen) atoms. The smallest absolute Gasteiger partial charge is 0.0618 e. The van der Waals surface area contributed by atoms with E-state index in [1.807, 2.05) is 7.11 Å². The van der Waals surface area contributed by atoms with Crippen molar-refractivity contribution in [2.45, 2.75) is 44.6 Å². The van der Waals surface area contributed by atoms with Crippen LogP contribution in [0, 0.1) is 5.92 Å². The highest BCUT2D eigenvalue weighted by Gasteiger charge is 2.26. The van der Waals surface area contributed by atoms with Gasteiger partial charge in [0.2, 0.25) is 0 Å². The topological polar surface area (TPSA) is 41.7 Å². The van der Waals surface area contributed by atoms with Gasteiger partial charge in [-0.05, 0) is 77.2 Å². The fourth-order valence-electron chi connectivity index (χ4n) is 3.75. The first kappa shape index (κ1) is 16.2. The van der Waals surface area contributed by atoms with E-state index in [0.717, 1.165) is 25.5 Å². The van der Waals surface area contributed by atoms with Gasteiger partial charge in [-0.1, -0.05) is 0 Å². The van der Waals surface area contributed by atoms with Crippen LogP contribution < -0.4 is 5.73 Å². The molecule has 1 unspecified atom stereocenters. The first-order chi connectivity index (χ1) is 9.83. The molecule has 0 saturated carbocycles. The highest BCUT2D eigenvalue weighted by Crippen LogP contribution is 2.23. The van der Waals surface area contributed by atoms with E-state index in [1.54, 1.807) is 0 Å². The molecule has 1 atom stereocenters. The Morgan fingerprint density at radius 1 is 1.15 bits per heavy atom. The van der Waals surface area contributed by atoms with Gasteiger partial charge in [-0.15, -0.1) is 0 Å². The molecule has 2 aliphatic heterocycles. The largest absolute Gasteiger partial charge is 0.383 e. The van der Waals surface area contributed by atoms with E-state index < -0.39 is 0 Å². The second kappa shape index (κ2) is 8.98. The van der Waals surface area contributed by atoms with E-state index in [1.165, 1.54) is 64.8 Å². The molecule has 0 bridgehead atoms. The number of hydrogen-bond donors (Lipinski definition) is 1. The lowest BCUT2D eigenvalue weighted by atomic mass is 9.94. The summed E-state index contributed by atoms with van der Waals surface area (Å²) < 4.78 is 5.40. The Bertz CT molecular complexity index is 248. The summed E-state index contributed by atoms with van der Waals surface area (Å²) >= 11 is 0. The molecule has 2 rings (SSSR count). The lowest BCUT2D eigenvalue weighted by molar-refractivity contribution is 0.0546. The van der Waals surface area contributed by atoms with Gasteiger partial charge in [-0.3, -0.25) is 4.90 Å². The summed E-state index contributed by atoms with van der Waals surface area (Å²) in [6.45, 7) is 8.16. The molecule has 4 heteroatoms. The van der Waals surface area contributed by atoms with Crippen molar-refractivity contribution in [1.82, 2.24) is 9.80 Å². The summed E-state index contributed by atoms with van der Waals surface area (Å²) in [7, 11) is 1.82. The second-order valence-corrected chi connectivity index (χ2v) is 6.53. The number of piperidine rings is 1. The molecular formula is C16H33N3O. The van der Waals surface area contributed by atoms with Gasteiger partial charge in [0, 0.05) is 19.7 Å². The SMILES string of the molecule is COCC(CCCN)N1CCC(CN2CCCC2)CC1. The predicted octanol–water partition coefficient (Wildman–Crippen LogP) is 1.55. The third-order valence-corrected chi connectivity index (χ3v) is 4.98. The number of nitrogens with zero attached hydrogens (tertiary/aromatic N) is 2. The van der Waals surface area contributed by atoms with Crippen molar-refractivity contribution in [2.24, 2.45) is 11.7 Å². The number of rotatable bonds is 8. The molecule has 118 valence electrons. The third kappa shape index (κ3) is 4.99. The standard InChI is InChI=1S/C16H33N3O/c1-20-14-16(5-4-8-17)19-11-6-15(7-12-19)13-18-9-2-3-10-18/h15-16H,2-14,17H2,1H3. The summed E-state index contributed by atoms with van der Waals surface area (Å²) in [6, 6.07) is 0.580. The molecule has 2 fully saturated rings. The van der Waals surface area contributed by atoms with Crippen molar-refractivity contribution in [3.05, 3.63) is 0 Å². The van der Waals surface area contributed by atoms with Crippen LogP contribution >= 0.6 is 0 Å². The lowest BCUT2D eigenvalue weighted by Gasteiger charge is -2.38. The molecule has 2 N–H and O–H groups in total. The molecule has 0 aromatic rings. The maximum Gasteiger partial charge on any atom is 0.0618 e. The van der Waals surface area contributed by atoms with Crippen LogP contribution in [0.4, 0.5) is 0 Å². The minimum atomic E-state index is 0.580. The molecule has 0 spiro atoms. The average Bonchev–Trinajstić information content (AvgIpc) is 2.97. The molecule has 2 aliphatic rings. The average molecular weight is 283 g/mol. The zero-order valence-corrected chi connectivity index (χ0v) is 13.2. The monoisotopic (exact) mass is 283 g/mol. The molecule has 0 aromatic carbocycles. The lowest BCUT2D eigenvalue weighted by Crippen LogP contribution is -2.45. The Labute approximate surface area is 124 Å². The minimum Gasteiger partial charge on any atom is -0.383 e. The Morgan fingerprint density at radius 3 is 2.45 bits per heavy atom. The van der Waals surface area contributed by atoms with Crippen LogP contribution in [0.15, 0.2) is 0 Å². The highest BCUT2D eigenvalue weighted by atomic mass is 16.5. The molecule has 2 saturated heterocycles. The molecule has 0 amide bonds. The summed E-state index contributed by atoms with van der Waals surface area (Å²) in [6.07, 6.45) is 7.84. The van der Waals surface area contributed by atoms with Gasteiger partial charge >= 0.3 is 0 Å². The van der Waals surface area contributed by atoms with E-state index >= 15 is 0 Å². The van der Waals surface area contributed by atoms with Gasteiger partial charge in [0.05, 0.1) is 6.61 Å². The fourth-order valence-corrected chi connectivity index (χ4v) is 3.75. The van der Waals surface area contributed by atoms with Crippen LogP contribution in [-0.4, -0.2) is 68.8 Å². The molecule has 0 aliphatic carbocycles. The van der Waals surface area contributed by atoms with E-state index in [-0.39, 0.29) is 0 Å². The Hall–Kier alpha value is -0.160. The van der Waals surface area contributed by atoms with Crippen molar-refractivity contribution in [3.63, 3.8) is 0 Å². The number of ether oxygens (including phenoxy) is 1. The fraction of sp³-hybridized carbons (Fsp3) is 1.00. The summed E-state index contributed by atoms with van der Waals surface area (Å²) in [5.74, 6) is 0.919. The van der Waals surface area contributed by atoms with E-state index in [2.05, 4.69) is 9.80 Å². The van der Waals surface area contributed by atoms with Crippen LogP contribution in [-0.2, 0) is 4.74 Å². The maximum absolute atomic E-state index is 5.65. The number of hydrogen-bond acceptors (Lipinski definition) is 4. The van der Waals surface area contributed by atoms with Gasteiger partial charge in [0.25, 0.3) is 0 Å². The van der Waals surface area contributed by atoms with Gasteiger partial charge in [-0.2, -0.15) is 0 Å². The van der Waals surface area contributed by atoms with Gasteiger partial charge in [0.15, 0.2) is 0 Å². The van der Waals surface area contributed by atoms with Crippen LogP contribution in [0.3, 0.4) is 0 Å². The first-order valence-corrected chi connectivity index (χ1v) is 8.49. The Kier molecular flexibility index (Phi) is 7.28.